The number of amides is 1. The number of aryl methyl sites for hydroxylation is 1. The molecule has 1 amide bonds. The summed E-state index contributed by atoms with van der Waals surface area (Å²) in [5, 5.41) is 0. The van der Waals surface area contributed by atoms with Crippen LogP contribution in [0.1, 0.15) is 15.9 Å². The molecule has 0 unspecified atom stereocenters. The number of carbonyl (C=O) groups excluding carboxylic acids is 1. The zero-order chi connectivity index (χ0) is 13.8. The zero-order valence-corrected chi connectivity index (χ0v) is 11.4. The largest absolute Gasteiger partial charge is 0.497 e. The van der Waals surface area contributed by atoms with Crippen molar-refractivity contribution in [2.75, 3.05) is 19.1 Å². The molecule has 0 fully saturated rings. The number of ether oxygens (including phenoxy) is 1. The van der Waals surface area contributed by atoms with Gasteiger partial charge in [0.15, 0.2) is 0 Å². The van der Waals surface area contributed by atoms with Crippen molar-refractivity contribution in [1.82, 2.24) is 0 Å². The van der Waals surface area contributed by atoms with Gasteiger partial charge < -0.3 is 9.64 Å². The monoisotopic (exact) mass is 255 g/mol. The number of carbonyl (C=O) groups is 1. The van der Waals surface area contributed by atoms with E-state index in [0.29, 0.717) is 5.56 Å². The molecule has 2 aromatic rings. The van der Waals surface area contributed by atoms with Crippen molar-refractivity contribution in [3.8, 4) is 5.75 Å². The SMILES string of the molecule is COc1ccc(N(C)C(=O)c2cccc(C)c2)cc1. The van der Waals surface area contributed by atoms with Gasteiger partial charge in [-0.05, 0) is 43.3 Å². The van der Waals surface area contributed by atoms with Gasteiger partial charge in [0.2, 0.25) is 0 Å². The first-order valence-corrected chi connectivity index (χ1v) is 6.10. The van der Waals surface area contributed by atoms with Crippen LogP contribution >= 0.6 is 0 Å². The molecule has 0 aliphatic rings. The maximum absolute atomic E-state index is 12.3. The van der Waals surface area contributed by atoms with Crippen molar-refractivity contribution < 1.29 is 9.53 Å². The Morgan fingerprint density at radius 2 is 1.79 bits per heavy atom. The second-order valence-corrected chi connectivity index (χ2v) is 4.43. The molecule has 0 spiro atoms. The van der Waals surface area contributed by atoms with E-state index in [9.17, 15) is 4.79 Å². The van der Waals surface area contributed by atoms with Crippen LogP contribution in [0.3, 0.4) is 0 Å². The summed E-state index contributed by atoms with van der Waals surface area (Å²) in [6.07, 6.45) is 0. The minimum Gasteiger partial charge on any atom is -0.497 e. The first-order chi connectivity index (χ1) is 9.11. The molecule has 2 aromatic carbocycles. The van der Waals surface area contributed by atoms with E-state index >= 15 is 0 Å². The Morgan fingerprint density at radius 3 is 2.37 bits per heavy atom. The smallest absolute Gasteiger partial charge is 0.258 e. The van der Waals surface area contributed by atoms with Crippen molar-refractivity contribution in [1.29, 1.82) is 0 Å². The lowest BCUT2D eigenvalue weighted by atomic mass is 10.1. The lowest BCUT2D eigenvalue weighted by Crippen LogP contribution is -2.26. The van der Waals surface area contributed by atoms with Crippen molar-refractivity contribution in [2.45, 2.75) is 6.92 Å². The molecule has 0 heterocycles. The molecule has 0 N–H and O–H groups in total. The molecule has 3 heteroatoms. The van der Waals surface area contributed by atoms with E-state index in [4.69, 9.17) is 4.74 Å². The molecule has 3 nitrogen and oxygen atoms in total. The fraction of sp³-hybridized carbons (Fsp3) is 0.188. The quantitative estimate of drug-likeness (QED) is 0.842. The lowest BCUT2D eigenvalue weighted by molar-refractivity contribution is 0.0993. The highest BCUT2D eigenvalue weighted by Crippen LogP contribution is 2.20. The highest BCUT2D eigenvalue weighted by Gasteiger charge is 2.13. The third-order valence-electron chi connectivity index (χ3n) is 3.03. The molecule has 0 atom stereocenters. The number of hydrogen-bond donors (Lipinski definition) is 0. The number of rotatable bonds is 3. The molecule has 2 rings (SSSR count). The summed E-state index contributed by atoms with van der Waals surface area (Å²) in [4.78, 5) is 14.0. The summed E-state index contributed by atoms with van der Waals surface area (Å²) < 4.78 is 5.11. The van der Waals surface area contributed by atoms with Crippen LogP contribution in [0, 0.1) is 6.92 Å². The third kappa shape index (κ3) is 2.94. The number of benzene rings is 2. The maximum Gasteiger partial charge on any atom is 0.258 e. The van der Waals surface area contributed by atoms with Crippen LogP contribution < -0.4 is 9.64 Å². The van der Waals surface area contributed by atoms with Crippen molar-refractivity contribution in [3.63, 3.8) is 0 Å². The van der Waals surface area contributed by atoms with Crippen LogP contribution in [0.15, 0.2) is 48.5 Å². The molecule has 98 valence electrons. The summed E-state index contributed by atoms with van der Waals surface area (Å²) in [6.45, 7) is 1.98. The minimum atomic E-state index is -0.0196. The molecule has 0 radical (unpaired) electrons. The predicted molar refractivity (Wildman–Crippen MR) is 76.9 cm³/mol. The fourth-order valence-electron chi connectivity index (χ4n) is 1.89. The Bertz CT molecular complexity index is 576. The Kier molecular flexibility index (Phi) is 3.85. The Balaban J connectivity index is 2.23. The first-order valence-electron chi connectivity index (χ1n) is 6.10. The summed E-state index contributed by atoms with van der Waals surface area (Å²) in [6, 6.07) is 15.0. The third-order valence-corrected chi connectivity index (χ3v) is 3.03. The zero-order valence-electron chi connectivity index (χ0n) is 11.4. The summed E-state index contributed by atoms with van der Waals surface area (Å²) in [5.41, 5.74) is 2.61. The van der Waals surface area contributed by atoms with Gasteiger partial charge in [0, 0.05) is 18.3 Å². The van der Waals surface area contributed by atoms with E-state index in [1.54, 1.807) is 19.1 Å². The van der Waals surface area contributed by atoms with Crippen LogP contribution in [0.4, 0.5) is 5.69 Å². The molecule has 0 aromatic heterocycles. The van der Waals surface area contributed by atoms with Gasteiger partial charge in [-0.1, -0.05) is 17.7 Å². The molecular weight excluding hydrogens is 238 g/mol. The summed E-state index contributed by atoms with van der Waals surface area (Å²) >= 11 is 0. The maximum atomic E-state index is 12.3. The van der Waals surface area contributed by atoms with Crippen LogP contribution in [-0.4, -0.2) is 20.1 Å². The molecule has 19 heavy (non-hydrogen) atoms. The van der Waals surface area contributed by atoms with Gasteiger partial charge >= 0.3 is 0 Å². The molecule has 0 aliphatic carbocycles. The standard InChI is InChI=1S/C16H17NO2/c1-12-5-4-6-13(11-12)16(18)17(2)14-7-9-15(19-3)10-8-14/h4-11H,1-3H3. The van der Waals surface area contributed by atoms with Gasteiger partial charge in [-0.3, -0.25) is 4.79 Å². The van der Waals surface area contributed by atoms with E-state index < -0.39 is 0 Å². The van der Waals surface area contributed by atoms with Crippen LogP contribution in [0.2, 0.25) is 0 Å². The van der Waals surface area contributed by atoms with Crippen molar-refractivity contribution in [2.24, 2.45) is 0 Å². The van der Waals surface area contributed by atoms with Gasteiger partial charge in [-0.2, -0.15) is 0 Å². The summed E-state index contributed by atoms with van der Waals surface area (Å²) in [5.74, 6) is 0.758. The average molecular weight is 255 g/mol. The van der Waals surface area contributed by atoms with Gasteiger partial charge in [-0.15, -0.1) is 0 Å². The molecule has 0 saturated heterocycles. The molecule has 0 bridgehead atoms. The highest BCUT2D eigenvalue weighted by atomic mass is 16.5. The van der Waals surface area contributed by atoms with Gasteiger partial charge in [0.1, 0.15) is 5.75 Å². The number of methoxy groups -OCH3 is 1. The Morgan fingerprint density at radius 1 is 1.11 bits per heavy atom. The molecule has 0 aliphatic heterocycles. The average Bonchev–Trinajstić information content (AvgIpc) is 2.46. The predicted octanol–water partition coefficient (Wildman–Crippen LogP) is 3.28. The normalized spacial score (nSPS) is 10.1. The number of hydrogen-bond acceptors (Lipinski definition) is 2. The number of nitrogens with zero attached hydrogens (tertiary/aromatic N) is 1. The molecular formula is C16H17NO2. The van der Waals surface area contributed by atoms with Crippen LogP contribution in [-0.2, 0) is 0 Å². The molecule has 0 saturated carbocycles. The second kappa shape index (κ2) is 5.57. The van der Waals surface area contributed by atoms with Crippen LogP contribution in [0.5, 0.6) is 5.75 Å². The Labute approximate surface area is 113 Å². The van der Waals surface area contributed by atoms with Gasteiger partial charge in [0.05, 0.1) is 7.11 Å². The summed E-state index contributed by atoms with van der Waals surface area (Å²) in [7, 11) is 3.39. The van der Waals surface area contributed by atoms with E-state index in [0.717, 1.165) is 17.0 Å². The second-order valence-electron chi connectivity index (χ2n) is 4.43. The minimum absolute atomic E-state index is 0.0196. The van der Waals surface area contributed by atoms with E-state index in [1.165, 1.54) is 0 Å². The van der Waals surface area contributed by atoms with Gasteiger partial charge in [0.25, 0.3) is 5.91 Å². The highest BCUT2D eigenvalue weighted by molar-refractivity contribution is 6.05. The van der Waals surface area contributed by atoms with E-state index in [1.807, 2.05) is 55.5 Å². The van der Waals surface area contributed by atoms with Crippen molar-refractivity contribution >= 4 is 11.6 Å². The lowest BCUT2D eigenvalue weighted by Gasteiger charge is -2.18. The van der Waals surface area contributed by atoms with Crippen molar-refractivity contribution in [3.05, 3.63) is 59.7 Å². The Hall–Kier alpha value is -2.29. The van der Waals surface area contributed by atoms with Crippen LogP contribution in [0.25, 0.3) is 0 Å². The van der Waals surface area contributed by atoms with E-state index in [2.05, 4.69) is 0 Å². The fourth-order valence-corrected chi connectivity index (χ4v) is 1.89. The topological polar surface area (TPSA) is 29.5 Å². The number of anilines is 1. The van der Waals surface area contributed by atoms with E-state index in [-0.39, 0.29) is 5.91 Å². The van der Waals surface area contributed by atoms with Gasteiger partial charge in [-0.25, -0.2) is 0 Å². The first kappa shape index (κ1) is 13.1.